The second kappa shape index (κ2) is 5.78. The molecule has 0 N–H and O–H groups in total. The van der Waals surface area contributed by atoms with Gasteiger partial charge in [-0.25, -0.2) is 4.79 Å². The number of benzene rings is 1. The van der Waals surface area contributed by atoms with Gasteiger partial charge in [0, 0.05) is 6.08 Å². The summed E-state index contributed by atoms with van der Waals surface area (Å²) in [5.41, 5.74) is 0.798. The SMILES string of the molecule is CCOC(=O)/C=C/C1(Oc2cc(C)ccc2Br)CC1. The normalized spacial score (nSPS) is 16.4. The fraction of sp³-hybridized carbons (Fsp3) is 0.400. The van der Waals surface area contributed by atoms with Crippen molar-refractivity contribution in [1.29, 1.82) is 0 Å². The van der Waals surface area contributed by atoms with Crippen LogP contribution < -0.4 is 4.74 Å². The molecule has 1 aromatic rings. The molecule has 1 aromatic carbocycles. The van der Waals surface area contributed by atoms with Gasteiger partial charge >= 0.3 is 5.97 Å². The second-order valence-corrected chi connectivity index (χ2v) is 5.54. The number of rotatable bonds is 5. The Morgan fingerprint density at radius 2 is 2.21 bits per heavy atom. The molecule has 1 aliphatic rings. The summed E-state index contributed by atoms with van der Waals surface area (Å²) in [4.78, 5) is 11.3. The zero-order valence-corrected chi connectivity index (χ0v) is 12.7. The highest BCUT2D eigenvalue weighted by molar-refractivity contribution is 9.10. The molecule has 1 saturated carbocycles. The molecular formula is C15H17BrO3. The van der Waals surface area contributed by atoms with Crippen molar-refractivity contribution in [2.45, 2.75) is 32.3 Å². The highest BCUT2D eigenvalue weighted by Gasteiger charge is 2.43. The van der Waals surface area contributed by atoms with Crippen LogP contribution in [-0.4, -0.2) is 18.2 Å². The lowest BCUT2D eigenvalue weighted by Crippen LogP contribution is -2.16. The Hall–Kier alpha value is -1.29. The first kappa shape index (κ1) is 14.1. The van der Waals surface area contributed by atoms with Crippen molar-refractivity contribution in [2.75, 3.05) is 6.61 Å². The van der Waals surface area contributed by atoms with Crippen LogP contribution in [-0.2, 0) is 9.53 Å². The van der Waals surface area contributed by atoms with E-state index in [4.69, 9.17) is 9.47 Å². The molecule has 0 saturated heterocycles. The van der Waals surface area contributed by atoms with Gasteiger partial charge in [0.2, 0.25) is 0 Å². The van der Waals surface area contributed by atoms with Crippen LogP contribution >= 0.6 is 15.9 Å². The van der Waals surface area contributed by atoms with Crippen LogP contribution in [0.2, 0.25) is 0 Å². The van der Waals surface area contributed by atoms with Crippen molar-refractivity contribution in [3.05, 3.63) is 40.4 Å². The molecule has 2 rings (SSSR count). The van der Waals surface area contributed by atoms with Gasteiger partial charge in [0.05, 0.1) is 11.1 Å². The van der Waals surface area contributed by atoms with Crippen LogP contribution in [0.15, 0.2) is 34.8 Å². The first-order valence-electron chi connectivity index (χ1n) is 6.36. The maximum Gasteiger partial charge on any atom is 0.330 e. The molecule has 0 radical (unpaired) electrons. The van der Waals surface area contributed by atoms with Crippen molar-refractivity contribution in [3.8, 4) is 5.75 Å². The quantitative estimate of drug-likeness (QED) is 0.610. The number of carbonyl (C=O) groups excluding carboxylic acids is 1. The molecule has 1 fully saturated rings. The van der Waals surface area contributed by atoms with E-state index >= 15 is 0 Å². The first-order chi connectivity index (χ1) is 9.04. The lowest BCUT2D eigenvalue weighted by molar-refractivity contribution is -0.137. The standard InChI is InChI=1S/C15H17BrO3/c1-3-18-14(17)6-7-15(8-9-15)19-13-10-11(2)4-5-12(13)16/h4-7,10H,3,8-9H2,1-2H3/b7-6+. The van der Waals surface area contributed by atoms with Crippen molar-refractivity contribution in [1.82, 2.24) is 0 Å². The number of hydrogen-bond acceptors (Lipinski definition) is 3. The lowest BCUT2D eigenvalue weighted by Gasteiger charge is -2.16. The third-order valence-electron chi connectivity index (χ3n) is 2.95. The lowest BCUT2D eigenvalue weighted by atomic mass is 10.2. The van der Waals surface area contributed by atoms with Crippen LogP contribution in [0, 0.1) is 6.92 Å². The maximum atomic E-state index is 11.3. The van der Waals surface area contributed by atoms with Gasteiger partial charge < -0.3 is 9.47 Å². The van der Waals surface area contributed by atoms with E-state index < -0.39 is 0 Å². The Labute approximate surface area is 121 Å². The van der Waals surface area contributed by atoms with Crippen molar-refractivity contribution < 1.29 is 14.3 Å². The van der Waals surface area contributed by atoms with Gasteiger partial charge in [-0.05, 0) is 66.4 Å². The second-order valence-electron chi connectivity index (χ2n) is 4.69. The van der Waals surface area contributed by atoms with Crippen LogP contribution in [0.4, 0.5) is 0 Å². The van der Waals surface area contributed by atoms with Crippen LogP contribution in [0.25, 0.3) is 0 Å². The topological polar surface area (TPSA) is 35.5 Å². The summed E-state index contributed by atoms with van der Waals surface area (Å²) >= 11 is 3.48. The molecule has 0 unspecified atom stereocenters. The summed E-state index contributed by atoms with van der Waals surface area (Å²) in [7, 11) is 0. The molecule has 0 amide bonds. The number of halogens is 1. The minimum atomic E-state index is -0.344. The average Bonchev–Trinajstić information content (AvgIpc) is 3.12. The molecular weight excluding hydrogens is 308 g/mol. The zero-order valence-electron chi connectivity index (χ0n) is 11.1. The average molecular weight is 325 g/mol. The largest absolute Gasteiger partial charge is 0.482 e. The van der Waals surface area contributed by atoms with Gasteiger partial charge in [-0.3, -0.25) is 0 Å². The fourth-order valence-corrected chi connectivity index (χ4v) is 2.07. The molecule has 0 aromatic heterocycles. The monoisotopic (exact) mass is 324 g/mol. The Morgan fingerprint density at radius 1 is 1.47 bits per heavy atom. The van der Waals surface area contributed by atoms with E-state index in [-0.39, 0.29) is 11.6 Å². The first-order valence-corrected chi connectivity index (χ1v) is 7.15. The van der Waals surface area contributed by atoms with Crippen LogP contribution in [0.5, 0.6) is 5.75 Å². The van der Waals surface area contributed by atoms with Crippen molar-refractivity contribution >= 4 is 21.9 Å². The van der Waals surface area contributed by atoms with E-state index in [2.05, 4.69) is 15.9 Å². The minimum Gasteiger partial charge on any atom is -0.482 e. The molecule has 19 heavy (non-hydrogen) atoms. The van der Waals surface area contributed by atoms with E-state index in [0.717, 1.165) is 28.6 Å². The highest BCUT2D eigenvalue weighted by atomic mass is 79.9. The summed E-state index contributed by atoms with van der Waals surface area (Å²) in [6, 6.07) is 5.98. The van der Waals surface area contributed by atoms with E-state index in [1.54, 1.807) is 13.0 Å². The van der Waals surface area contributed by atoms with Crippen LogP contribution in [0.1, 0.15) is 25.3 Å². The van der Waals surface area contributed by atoms with Crippen molar-refractivity contribution in [3.63, 3.8) is 0 Å². The molecule has 0 bridgehead atoms. The summed E-state index contributed by atoms with van der Waals surface area (Å²) in [5, 5.41) is 0. The third kappa shape index (κ3) is 3.83. The molecule has 3 nitrogen and oxygen atoms in total. The highest BCUT2D eigenvalue weighted by Crippen LogP contribution is 2.43. The van der Waals surface area contributed by atoms with Crippen LogP contribution in [0.3, 0.4) is 0 Å². The van der Waals surface area contributed by atoms with Gasteiger partial charge in [0.15, 0.2) is 0 Å². The Bertz CT molecular complexity index is 504. The molecule has 1 aliphatic carbocycles. The van der Waals surface area contributed by atoms with E-state index in [1.165, 1.54) is 6.08 Å². The van der Waals surface area contributed by atoms with Gasteiger partial charge in [0.25, 0.3) is 0 Å². The van der Waals surface area contributed by atoms with E-state index in [1.807, 2.05) is 25.1 Å². The molecule has 4 heteroatoms. The Balaban J connectivity index is 2.06. The van der Waals surface area contributed by atoms with Gasteiger partial charge in [-0.2, -0.15) is 0 Å². The smallest absolute Gasteiger partial charge is 0.330 e. The maximum absolute atomic E-state index is 11.3. The van der Waals surface area contributed by atoms with E-state index in [9.17, 15) is 4.79 Å². The summed E-state index contributed by atoms with van der Waals surface area (Å²) in [6.45, 7) is 4.20. The predicted octanol–water partition coefficient (Wildman–Crippen LogP) is 3.79. The van der Waals surface area contributed by atoms with Gasteiger partial charge in [0.1, 0.15) is 11.4 Å². The van der Waals surface area contributed by atoms with Gasteiger partial charge in [-0.1, -0.05) is 6.07 Å². The fourth-order valence-electron chi connectivity index (χ4n) is 1.74. The van der Waals surface area contributed by atoms with E-state index in [0.29, 0.717) is 6.61 Å². The summed E-state index contributed by atoms with van der Waals surface area (Å²) in [6.07, 6.45) is 5.10. The number of aryl methyl sites for hydroxylation is 1. The molecule has 0 heterocycles. The predicted molar refractivity (Wildman–Crippen MR) is 77.2 cm³/mol. The zero-order chi connectivity index (χ0) is 13.9. The third-order valence-corrected chi connectivity index (χ3v) is 3.61. The molecule has 0 spiro atoms. The Kier molecular flexibility index (Phi) is 4.30. The minimum absolute atomic E-state index is 0.319. The van der Waals surface area contributed by atoms with Gasteiger partial charge in [-0.15, -0.1) is 0 Å². The summed E-state index contributed by atoms with van der Waals surface area (Å²) < 4.78 is 11.8. The van der Waals surface area contributed by atoms with Crippen molar-refractivity contribution in [2.24, 2.45) is 0 Å². The Morgan fingerprint density at radius 3 is 2.84 bits per heavy atom. The number of hydrogen-bond donors (Lipinski definition) is 0. The molecule has 102 valence electrons. The number of esters is 1. The molecule has 0 aliphatic heterocycles. The summed E-state index contributed by atoms with van der Waals surface area (Å²) in [5.74, 6) is 0.492. The number of carbonyl (C=O) groups is 1. The number of ether oxygens (including phenoxy) is 2. The molecule has 0 atom stereocenters.